The third kappa shape index (κ3) is 3.70. The predicted octanol–water partition coefficient (Wildman–Crippen LogP) is 4.43. The van der Waals surface area contributed by atoms with Crippen LogP contribution in [-0.4, -0.2) is 47.8 Å². The van der Waals surface area contributed by atoms with Crippen LogP contribution >= 0.6 is 0 Å². The third-order valence-corrected chi connectivity index (χ3v) is 6.77. The lowest BCUT2D eigenvalue weighted by molar-refractivity contribution is 0.133. The first kappa shape index (κ1) is 21.1. The first-order valence-electron chi connectivity index (χ1n) is 10.7. The van der Waals surface area contributed by atoms with Gasteiger partial charge in [0, 0.05) is 29.5 Å². The smallest absolute Gasteiger partial charge is 0.157 e. The molecule has 3 aromatic rings. The zero-order valence-corrected chi connectivity index (χ0v) is 19.2. The van der Waals surface area contributed by atoms with Crippen molar-refractivity contribution in [3.8, 4) is 6.07 Å². The highest BCUT2D eigenvalue weighted by atomic mass is 15.3. The molecule has 1 N–H and O–H groups in total. The maximum atomic E-state index is 9.37. The number of likely N-dealkylation sites (N-methyl/N-ethyl adjacent to an activating group) is 1. The molecule has 2 heterocycles. The van der Waals surface area contributed by atoms with E-state index < -0.39 is 0 Å². The molecule has 2 aromatic carbocycles. The molecule has 31 heavy (non-hydrogen) atoms. The number of hydrogen-bond donors (Lipinski definition) is 1. The Balaban J connectivity index is 1.67. The Kier molecular flexibility index (Phi) is 5.32. The van der Waals surface area contributed by atoms with Gasteiger partial charge in [0.15, 0.2) is 5.82 Å². The Morgan fingerprint density at radius 1 is 1.13 bits per heavy atom. The average molecular weight is 415 g/mol. The number of rotatable bonds is 5. The largest absolute Gasteiger partial charge is 0.368 e. The molecule has 160 valence electrons. The van der Waals surface area contributed by atoms with Crippen LogP contribution in [-0.2, 0) is 0 Å². The van der Waals surface area contributed by atoms with Crippen molar-refractivity contribution in [2.45, 2.75) is 39.3 Å². The van der Waals surface area contributed by atoms with Crippen LogP contribution in [0.25, 0.3) is 10.8 Å². The summed E-state index contributed by atoms with van der Waals surface area (Å²) in [6.45, 7) is 10.4. The van der Waals surface area contributed by atoms with Gasteiger partial charge in [0.2, 0.25) is 0 Å². The van der Waals surface area contributed by atoms with E-state index in [1.807, 2.05) is 26.0 Å². The lowest BCUT2D eigenvalue weighted by Gasteiger charge is -2.53. The summed E-state index contributed by atoms with van der Waals surface area (Å²) in [4.78, 5) is 4.70. The van der Waals surface area contributed by atoms with Crippen molar-refractivity contribution in [1.82, 2.24) is 15.1 Å². The van der Waals surface area contributed by atoms with Crippen LogP contribution in [0.5, 0.6) is 0 Å². The molecule has 0 spiro atoms. The molecule has 0 bridgehead atoms. The van der Waals surface area contributed by atoms with Crippen molar-refractivity contribution in [2.75, 3.05) is 37.4 Å². The number of aromatic nitrogens is 2. The van der Waals surface area contributed by atoms with Gasteiger partial charge in [0.05, 0.1) is 28.9 Å². The minimum Gasteiger partial charge on any atom is -0.368 e. The summed E-state index contributed by atoms with van der Waals surface area (Å²) >= 11 is 0. The van der Waals surface area contributed by atoms with E-state index in [1.54, 1.807) is 0 Å². The van der Waals surface area contributed by atoms with Gasteiger partial charge in [-0.05, 0) is 71.1 Å². The highest BCUT2D eigenvalue weighted by Gasteiger charge is 2.40. The first-order chi connectivity index (χ1) is 14.7. The number of fused-ring (bicyclic) bond motifs is 1. The van der Waals surface area contributed by atoms with E-state index in [4.69, 9.17) is 0 Å². The number of benzene rings is 2. The van der Waals surface area contributed by atoms with Gasteiger partial charge in [0.1, 0.15) is 0 Å². The van der Waals surface area contributed by atoms with Crippen molar-refractivity contribution in [3.63, 3.8) is 0 Å². The van der Waals surface area contributed by atoms with Crippen LogP contribution in [0.3, 0.4) is 0 Å². The second-order valence-electron chi connectivity index (χ2n) is 9.11. The van der Waals surface area contributed by atoms with E-state index in [0.29, 0.717) is 5.56 Å². The zero-order chi connectivity index (χ0) is 22.3. The summed E-state index contributed by atoms with van der Waals surface area (Å²) in [6.07, 6.45) is 0. The molecule has 0 aliphatic carbocycles. The average Bonchev–Trinajstić information content (AvgIpc) is 2.73. The van der Waals surface area contributed by atoms with Crippen molar-refractivity contribution in [3.05, 3.63) is 58.8 Å². The van der Waals surface area contributed by atoms with E-state index >= 15 is 0 Å². The second-order valence-corrected chi connectivity index (χ2v) is 9.11. The second kappa shape index (κ2) is 7.82. The Labute approximate surface area is 184 Å². The molecule has 6 nitrogen and oxygen atoms in total. The van der Waals surface area contributed by atoms with Gasteiger partial charge in [-0.2, -0.15) is 10.4 Å². The first-order valence-corrected chi connectivity index (χ1v) is 10.7. The van der Waals surface area contributed by atoms with E-state index in [1.165, 1.54) is 5.69 Å². The summed E-state index contributed by atoms with van der Waals surface area (Å²) in [5, 5.41) is 24.0. The number of aryl methyl sites for hydroxylation is 1. The molecular weight excluding hydrogens is 384 g/mol. The standard InChI is InChI=1S/C25H30N6/c1-16-19(13-26)8-7-9-21(16)17(2)27-24-23-12-20(10-11-22(23)18(3)28-29-24)31-14-25(4,15-31)30(5)6/h7-12,17H,14-15H2,1-6H3,(H,27,29)/t17-/m1/s1. The van der Waals surface area contributed by atoms with Crippen LogP contribution in [0.1, 0.15) is 42.3 Å². The maximum Gasteiger partial charge on any atom is 0.157 e. The number of nitriles is 1. The highest BCUT2D eigenvalue weighted by molar-refractivity contribution is 5.95. The normalized spacial score (nSPS) is 16.1. The molecule has 1 aromatic heterocycles. The van der Waals surface area contributed by atoms with Gasteiger partial charge in [-0.25, -0.2) is 0 Å². The van der Waals surface area contributed by atoms with E-state index in [9.17, 15) is 5.26 Å². The van der Waals surface area contributed by atoms with Crippen molar-refractivity contribution >= 4 is 22.3 Å². The molecule has 1 saturated heterocycles. The van der Waals surface area contributed by atoms with Crippen molar-refractivity contribution in [1.29, 1.82) is 5.26 Å². The van der Waals surface area contributed by atoms with E-state index in [0.717, 1.165) is 46.5 Å². The molecule has 1 atom stereocenters. The SMILES string of the molecule is Cc1c(C#N)cccc1[C@@H](C)Nc1nnc(C)c2ccc(N3CC(C)(N(C)C)C3)cc12. The fourth-order valence-corrected chi connectivity index (χ4v) is 4.35. The zero-order valence-electron chi connectivity index (χ0n) is 19.2. The molecule has 0 unspecified atom stereocenters. The molecule has 0 saturated carbocycles. The van der Waals surface area contributed by atoms with Crippen LogP contribution < -0.4 is 10.2 Å². The van der Waals surface area contributed by atoms with Crippen molar-refractivity contribution < 1.29 is 0 Å². The molecular formula is C25H30N6. The Bertz CT molecular complexity index is 1170. The lowest BCUT2D eigenvalue weighted by atomic mass is 9.90. The minimum absolute atomic E-state index is 0.00166. The monoisotopic (exact) mass is 414 g/mol. The summed E-state index contributed by atoms with van der Waals surface area (Å²) in [5.41, 5.74) is 5.13. The van der Waals surface area contributed by atoms with Crippen LogP contribution in [0.15, 0.2) is 36.4 Å². The Morgan fingerprint density at radius 3 is 2.55 bits per heavy atom. The fraction of sp³-hybridized carbons (Fsp3) is 0.400. The van der Waals surface area contributed by atoms with E-state index in [2.05, 4.69) is 83.6 Å². The topological polar surface area (TPSA) is 68.1 Å². The Hall–Kier alpha value is -3.17. The number of nitrogens with one attached hydrogen (secondary N) is 1. The van der Waals surface area contributed by atoms with Gasteiger partial charge < -0.3 is 15.1 Å². The molecule has 1 aliphatic rings. The molecule has 0 radical (unpaired) electrons. The van der Waals surface area contributed by atoms with Crippen LogP contribution in [0.2, 0.25) is 0 Å². The van der Waals surface area contributed by atoms with Gasteiger partial charge in [-0.15, -0.1) is 5.10 Å². The lowest BCUT2D eigenvalue weighted by Crippen LogP contribution is -2.67. The Morgan fingerprint density at radius 2 is 1.87 bits per heavy atom. The molecule has 4 rings (SSSR count). The highest BCUT2D eigenvalue weighted by Crippen LogP contribution is 2.35. The summed E-state index contributed by atoms with van der Waals surface area (Å²) in [5.74, 6) is 0.771. The summed E-state index contributed by atoms with van der Waals surface area (Å²) in [6, 6.07) is 14.7. The summed E-state index contributed by atoms with van der Waals surface area (Å²) in [7, 11) is 4.28. The number of anilines is 2. The molecule has 1 fully saturated rings. The van der Waals surface area contributed by atoms with Crippen molar-refractivity contribution in [2.24, 2.45) is 0 Å². The molecule has 0 amide bonds. The van der Waals surface area contributed by atoms with E-state index in [-0.39, 0.29) is 11.6 Å². The van der Waals surface area contributed by atoms with Gasteiger partial charge >= 0.3 is 0 Å². The quantitative estimate of drug-likeness (QED) is 0.666. The maximum absolute atomic E-state index is 9.37. The fourth-order valence-electron chi connectivity index (χ4n) is 4.35. The predicted molar refractivity (Wildman–Crippen MR) is 127 cm³/mol. The molecule has 1 aliphatic heterocycles. The van der Waals surface area contributed by atoms with Gasteiger partial charge in [0.25, 0.3) is 0 Å². The van der Waals surface area contributed by atoms with Crippen LogP contribution in [0, 0.1) is 25.2 Å². The van der Waals surface area contributed by atoms with Gasteiger partial charge in [-0.1, -0.05) is 18.2 Å². The third-order valence-electron chi connectivity index (χ3n) is 6.77. The van der Waals surface area contributed by atoms with Gasteiger partial charge in [-0.3, -0.25) is 0 Å². The van der Waals surface area contributed by atoms with Crippen LogP contribution in [0.4, 0.5) is 11.5 Å². The minimum atomic E-state index is -0.00166. The molecule has 6 heteroatoms. The summed E-state index contributed by atoms with van der Waals surface area (Å²) < 4.78 is 0. The number of nitrogens with zero attached hydrogens (tertiary/aromatic N) is 5. The number of hydrogen-bond acceptors (Lipinski definition) is 6.